The first-order valence-electron chi connectivity index (χ1n) is 5.57. The van der Waals surface area contributed by atoms with E-state index in [9.17, 15) is 8.42 Å². The predicted molar refractivity (Wildman–Crippen MR) is 76.6 cm³/mol. The van der Waals surface area contributed by atoms with Gasteiger partial charge in [-0.1, -0.05) is 32.9 Å². The van der Waals surface area contributed by atoms with Crippen molar-refractivity contribution in [1.82, 2.24) is 4.72 Å². The summed E-state index contributed by atoms with van der Waals surface area (Å²) in [6, 6.07) is 6.94. The van der Waals surface area contributed by atoms with E-state index in [2.05, 4.69) is 25.5 Å². The van der Waals surface area contributed by atoms with Crippen molar-refractivity contribution >= 4 is 22.4 Å². The second kappa shape index (κ2) is 6.52. The van der Waals surface area contributed by atoms with E-state index in [0.29, 0.717) is 6.54 Å². The number of hydrogen-bond donors (Lipinski definition) is 2. The second-order valence-corrected chi connectivity index (χ2v) is 6.73. The number of sulfonamides is 1. The van der Waals surface area contributed by atoms with Crippen LogP contribution in [0.2, 0.25) is 0 Å². The van der Waals surface area contributed by atoms with Crippen LogP contribution in [-0.4, -0.2) is 21.5 Å². The molecule has 0 fully saturated rings. The fourth-order valence-corrected chi connectivity index (χ4v) is 2.46. The Morgan fingerprint density at radius 1 is 1.17 bits per heavy atom. The minimum absolute atomic E-state index is 0. The molecule has 3 N–H and O–H groups in total. The van der Waals surface area contributed by atoms with E-state index < -0.39 is 10.0 Å². The van der Waals surface area contributed by atoms with E-state index in [0.717, 1.165) is 5.56 Å². The third-order valence-electron chi connectivity index (χ3n) is 2.47. The Kier molecular flexibility index (Phi) is 6.29. The topological polar surface area (TPSA) is 72.2 Å². The van der Waals surface area contributed by atoms with E-state index in [4.69, 9.17) is 5.73 Å². The van der Waals surface area contributed by atoms with E-state index in [1.165, 1.54) is 0 Å². The van der Waals surface area contributed by atoms with Crippen LogP contribution in [0.3, 0.4) is 0 Å². The number of rotatable bonds is 4. The van der Waals surface area contributed by atoms with E-state index in [1.807, 2.05) is 12.1 Å². The molecule has 0 aliphatic rings. The molecule has 6 heteroatoms. The van der Waals surface area contributed by atoms with E-state index in [-0.39, 0.29) is 29.3 Å². The summed E-state index contributed by atoms with van der Waals surface area (Å²) in [4.78, 5) is 0.277. The lowest BCUT2D eigenvalue weighted by atomic mass is 9.87. The Bertz CT molecular complexity index is 464. The molecule has 4 nitrogen and oxygen atoms in total. The van der Waals surface area contributed by atoms with E-state index >= 15 is 0 Å². The number of benzene rings is 1. The molecule has 0 atom stereocenters. The van der Waals surface area contributed by atoms with Gasteiger partial charge in [0.1, 0.15) is 0 Å². The van der Waals surface area contributed by atoms with Crippen molar-refractivity contribution in [2.24, 2.45) is 5.73 Å². The summed E-state index contributed by atoms with van der Waals surface area (Å²) in [6.45, 7) is 6.80. The van der Waals surface area contributed by atoms with Crippen LogP contribution in [0.1, 0.15) is 26.3 Å². The molecule has 18 heavy (non-hydrogen) atoms. The maximum Gasteiger partial charge on any atom is 0.240 e. The van der Waals surface area contributed by atoms with Gasteiger partial charge in [0.25, 0.3) is 0 Å². The molecule has 0 unspecified atom stereocenters. The zero-order valence-electron chi connectivity index (χ0n) is 10.9. The smallest absolute Gasteiger partial charge is 0.240 e. The zero-order chi connectivity index (χ0) is 13.1. The van der Waals surface area contributed by atoms with Gasteiger partial charge in [-0.05, 0) is 23.1 Å². The molecule has 0 aliphatic heterocycles. The lowest BCUT2D eigenvalue weighted by Crippen LogP contribution is -2.29. The van der Waals surface area contributed by atoms with Gasteiger partial charge in [-0.25, -0.2) is 13.1 Å². The van der Waals surface area contributed by atoms with Gasteiger partial charge in [0.2, 0.25) is 10.0 Å². The normalized spacial score (nSPS) is 12.0. The molecule has 0 spiro atoms. The molecule has 0 heterocycles. The van der Waals surface area contributed by atoms with Crippen LogP contribution in [0.25, 0.3) is 0 Å². The third kappa shape index (κ3) is 4.57. The first-order valence-corrected chi connectivity index (χ1v) is 7.06. The molecule has 104 valence electrons. The Morgan fingerprint density at radius 2 is 1.67 bits per heavy atom. The van der Waals surface area contributed by atoms with Crippen molar-refractivity contribution in [3.8, 4) is 0 Å². The summed E-state index contributed by atoms with van der Waals surface area (Å²) < 4.78 is 26.0. The Labute approximate surface area is 115 Å². The quantitative estimate of drug-likeness (QED) is 0.886. The molecular formula is C12H21ClN2O2S. The number of halogens is 1. The van der Waals surface area contributed by atoms with Gasteiger partial charge in [0.15, 0.2) is 0 Å². The average molecular weight is 293 g/mol. The minimum Gasteiger partial charge on any atom is -0.329 e. The summed E-state index contributed by atoms with van der Waals surface area (Å²) in [5.74, 6) is 0. The minimum atomic E-state index is -3.41. The highest BCUT2D eigenvalue weighted by molar-refractivity contribution is 7.89. The van der Waals surface area contributed by atoms with E-state index in [1.54, 1.807) is 12.1 Å². The van der Waals surface area contributed by atoms with Gasteiger partial charge in [0.05, 0.1) is 4.90 Å². The number of nitrogens with two attached hydrogens (primary N) is 1. The Balaban J connectivity index is 0.00000289. The number of hydrogen-bond acceptors (Lipinski definition) is 3. The van der Waals surface area contributed by atoms with Gasteiger partial charge in [-0.3, -0.25) is 0 Å². The second-order valence-electron chi connectivity index (χ2n) is 4.96. The largest absolute Gasteiger partial charge is 0.329 e. The van der Waals surface area contributed by atoms with Crippen molar-refractivity contribution in [2.75, 3.05) is 13.1 Å². The van der Waals surface area contributed by atoms with Gasteiger partial charge >= 0.3 is 0 Å². The highest BCUT2D eigenvalue weighted by Crippen LogP contribution is 2.23. The van der Waals surface area contributed by atoms with Crippen molar-refractivity contribution in [2.45, 2.75) is 31.1 Å². The lowest BCUT2D eigenvalue weighted by Gasteiger charge is -2.19. The van der Waals surface area contributed by atoms with Crippen molar-refractivity contribution in [3.05, 3.63) is 29.8 Å². The Morgan fingerprint density at radius 3 is 2.06 bits per heavy atom. The molecule has 0 saturated carbocycles. The molecule has 1 rings (SSSR count). The maximum absolute atomic E-state index is 11.8. The van der Waals surface area contributed by atoms with Gasteiger partial charge < -0.3 is 5.73 Å². The van der Waals surface area contributed by atoms with Gasteiger partial charge in [-0.2, -0.15) is 0 Å². The first kappa shape index (κ1) is 17.4. The van der Waals surface area contributed by atoms with Crippen LogP contribution in [0.15, 0.2) is 29.2 Å². The van der Waals surface area contributed by atoms with Crippen LogP contribution >= 0.6 is 12.4 Å². The average Bonchev–Trinajstić information content (AvgIpc) is 2.25. The SMILES string of the molecule is CC(C)(C)c1ccc(S(=O)(=O)NCCN)cc1.Cl. The monoisotopic (exact) mass is 292 g/mol. The van der Waals surface area contributed by atoms with Gasteiger partial charge in [0, 0.05) is 13.1 Å². The molecule has 0 saturated heterocycles. The number of nitrogens with one attached hydrogen (secondary N) is 1. The molecule has 0 aliphatic carbocycles. The Hall–Kier alpha value is -0.620. The molecule has 1 aromatic rings. The summed E-state index contributed by atoms with van der Waals surface area (Å²) >= 11 is 0. The highest BCUT2D eigenvalue weighted by atomic mass is 35.5. The summed E-state index contributed by atoms with van der Waals surface area (Å²) in [5.41, 5.74) is 6.40. The van der Waals surface area contributed by atoms with Crippen LogP contribution in [0, 0.1) is 0 Å². The molecule has 0 amide bonds. The van der Waals surface area contributed by atoms with Crippen LogP contribution in [0.5, 0.6) is 0 Å². The van der Waals surface area contributed by atoms with Crippen LogP contribution < -0.4 is 10.5 Å². The fraction of sp³-hybridized carbons (Fsp3) is 0.500. The van der Waals surface area contributed by atoms with Crippen molar-refractivity contribution < 1.29 is 8.42 Å². The standard InChI is InChI=1S/C12H20N2O2S.ClH/c1-12(2,3)10-4-6-11(7-5-10)17(15,16)14-9-8-13;/h4-7,14H,8-9,13H2,1-3H3;1H. The fourth-order valence-electron chi connectivity index (χ4n) is 1.41. The summed E-state index contributed by atoms with van der Waals surface area (Å²) in [5, 5.41) is 0. The highest BCUT2D eigenvalue weighted by Gasteiger charge is 2.16. The zero-order valence-corrected chi connectivity index (χ0v) is 12.6. The summed E-state index contributed by atoms with van der Waals surface area (Å²) in [7, 11) is -3.41. The van der Waals surface area contributed by atoms with Crippen LogP contribution in [0.4, 0.5) is 0 Å². The van der Waals surface area contributed by atoms with Gasteiger partial charge in [-0.15, -0.1) is 12.4 Å². The predicted octanol–water partition coefficient (Wildman–Crippen LogP) is 1.64. The molecule has 0 aromatic heterocycles. The first-order chi connectivity index (χ1) is 7.77. The molecular weight excluding hydrogens is 272 g/mol. The molecule has 0 radical (unpaired) electrons. The lowest BCUT2D eigenvalue weighted by molar-refractivity contribution is 0.579. The van der Waals surface area contributed by atoms with Crippen molar-refractivity contribution in [1.29, 1.82) is 0 Å². The summed E-state index contributed by atoms with van der Waals surface area (Å²) in [6.07, 6.45) is 0. The van der Waals surface area contributed by atoms with Crippen LogP contribution in [-0.2, 0) is 15.4 Å². The molecule has 1 aromatic carbocycles. The molecule has 0 bridgehead atoms. The van der Waals surface area contributed by atoms with Crippen molar-refractivity contribution in [3.63, 3.8) is 0 Å². The maximum atomic E-state index is 11.8. The third-order valence-corrected chi connectivity index (χ3v) is 3.94.